The molecule has 0 radical (unpaired) electrons. The van der Waals surface area contributed by atoms with Crippen LogP contribution in [0.2, 0.25) is 0 Å². The molecule has 0 unspecified atom stereocenters. The highest BCUT2D eigenvalue weighted by Crippen LogP contribution is 2.29. The molecule has 9 nitrogen and oxygen atoms in total. The molecule has 2 aromatic rings. The third kappa shape index (κ3) is 4.80. The number of amides is 1. The van der Waals surface area contributed by atoms with Crippen molar-refractivity contribution >= 4 is 23.0 Å². The van der Waals surface area contributed by atoms with Crippen LogP contribution in [-0.4, -0.2) is 62.2 Å². The normalized spacial score (nSPS) is 15.4. The van der Waals surface area contributed by atoms with E-state index in [9.17, 15) is 14.9 Å². The summed E-state index contributed by atoms with van der Waals surface area (Å²) in [5.74, 6) is 0.893. The lowest BCUT2D eigenvalue weighted by Gasteiger charge is -2.38. The molecule has 0 saturated carbocycles. The van der Waals surface area contributed by atoms with Gasteiger partial charge in [0.15, 0.2) is 0 Å². The number of nitro groups is 1. The summed E-state index contributed by atoms with van der Waals surface area (Å²) in [4.78, 5) is 27.6. The quantitative estimate of drug-likeness (QED) is 0.550. The molecule has 9 heteroatoms. The van der Waals surface area contributed by atoms with Gasteiger partial charge in [-0.05, 0) is 25.1 Å². The summed E-state index contributed by atoms with van der Waals surface area (Å²) in [5, 5.41) is 13.8. The molecular weight excluding hydrogens is 388 g/mol. The predicted molar refractivity (Wildman–Crippen MR) is 115 cm³/mol. The molecule has 1 aliphatic heterocycles. The Hall–Kier alpha value is -3.33. The fraction of sp³-hybridized carbons (Fsp3) is 0.381. The van der Waals surface area contributed by atoms with Gasteiger partial charge in [0.2, 0.25) is 5.91 Å². The number of benzene rings is 2. The lowest BCUT2D eigenvalue weighted by molar-refractivity contribution is -0.384. The van der Waals surface area contributed by atoms with Gasteiger partial charge in [-0.1, -0.05) is 6.07 Å². The Morgan fingerprint density at radius 1 is 1.10 bits per heavy atom. The highest BCUT2D eigenvalue weighted by molar-refractivity contribution is 5.96. The minimum Gasteiger partial charge on any atom is -0.497 e. The van der Waals surface area contributed by atoms with E-state index in [1.165, 1.54) is 25.3 Å². The molecule has 1 N–H and O–H groups in total. The molecule has 1 saturated heterocycles. The first-order chi connectivity index (χ1) is 14.4. The molecule has 1 fully saturated rings. The van der Waals surface area contributed by atoms with Gasteiger partial charge in [0.05, 0.1) is 36.9 Å². The molecule has 0 aliphatic carbocycles. The van der Waals surface area contributed by atoms with Crippen LogP contribution in [0.4, 0.5) is 17.1 Å². The van der Waals surface area contributed by atoms with Gasteiger partial charge in [-0.15, -0.1) is 0 Å². The molecule has 0 aromatic heterocycles. The van der Waals surface area contributed by atoms with Gasteiger partial charge in [0.25, 0.3) is 5.69 Å². The fourth-order valence-corrected chi connectivity index (χ4v) is 3.47. The Bertz CT molecular complexity index is 912. The third-order valence-corrected chi connectivity index (χ3v) is 5.31. The average molecular weight is 414 g/mol. The Labute approximate surface area is 175 Å². The predicted octanol–water partition coefficient (Wildman–Crippen LogP) is 2.76. The van der Waals surface area contributed by atoms with E-state index >= 15 is 0 Å². The number of rotatable bonds is 7. The van der Waals surface area contributed by atoms with Crippen molar-refractivity contribution in [3.05, 3.63) is 52.6 Å². The SMILES string of the molecule is COc1cccc(N2CCN([C@@H](C)C(=O)Nc3ccc([N+](=O)[O-])cc3OC)CC2)c1. The highest BCUT2D eigenvalue weighted by Gasteiger charge is 2.26. The number of hydrogen-bond donors (Lipinski definition) is 1. The fourth-order valence-electron chi connectivity index (χ4n) is 3.47. The van der Waals surface area contributed by atoms with Crippen molar-refractivity contribution in [1.29, 1.82) is 0 Å². The van der Waals surface area contributed by atoms with Crippen molar-refractivity contribution in [2.45, 2.75) is 13.0 Å². The van der Waals surface area contributed by atoms with Crippen LogP contribution < -0.4 is 19.7 Å². The van der Waals surface area contributed by atoms with E-state index in [4.69, 9.17) is 9.47 Å². The number of nitro benzene ring substituents is 1. The summed E-state index contributed by atoms with van der Waals surface area (Å²) in [6, 6.07) is 11.7. The molecule has 3 rings (SSSR count). The number of nitrogens with one attached hydrogen (secondary N) is 1. The van der Waals surface area contributed by atoms with Crippen molar-refractivity contribution in [3.63, 3.8) is 0 Å². The lowest BCUT2D eigenvalue weighted by atomic mass is 10.2. The van der Waals surface area contributed by atoms with E-state index in [1.54, 1.807) is 7.11 Å². The van der Waals surface area contributed by atoms with Gasteiger partial charge in [-0.25, -0.2) is 0 Å². The number of ether oxygens (including phenoxy) is 2. The van der Waals surface area contributed by atoms with Gasteiger partial charge < -0.3 is 19.7 Å². The topological polar surface area (TPSA) is 97.2 Å². The summed E-state index contributed by atoms with van der Waals surface area (Å²) in [5.41, 5.74) is 1.42. The lowest BCUT2D eigenvalue weighted by Crippen LogP contribution is -2.52. The van der Waals surface area contributed by atoms with Gasteiger partial charge in [0.1, 0.15) is 11.5 Å². The van der Waals surface area contributed by atoms with Crippen LogP contribution in [0, 0.1) is 10.1 Å². The van der Waals surface area contributed by atoms with Crippen molar-refractivity contribution in [2.75, 3.05) is 50.6 Å². The first-order valence-electron chi connectivity index (χ1n) is 9.69. The van der Waals surface area contributed by atoms with E-state index in [2.05, 4.69) is 21.2 Å². The van der Waals surface area contributed by atoms with Crippen LogP contribution in [0.15, 0.2) is 42.5 Å². The summed E-state index contributed by atoms with van der Waals surface area (Å²) in [7, 11) is 3.06. The van der Waals surface area contributed by atoms with Gasteiger partial charge in [-0.2, -0.15) is 0 Å². The monoisotopic (exact) mass is 414 g/mol. The van der Waals surface area contributed by atoms with E-state index in [-0.39, 0.29) is 23.4 Å². The van der Waals surface area contributed by atoms with Gasteiger partial charge in [0, 0.05) is 44.0 Å². The number of anilines is 2. The smallest absolute Gasteiger partial charge is 0.273 e. The number of carbonyl (C=O) groups is 1. The number of non-ortho nitro benzene ring substituents is 1. The highest BCUT2D eigenvalue weighted by atomic mass is 16.6. The van der Waals surface area contributed by atoms with E-state index < -0.39 is 4.92 Å². The molecule has 1 amide bonds. The van der Waals surface area contributed by atoms with Crippen LogP contribution in [0.25, 0.3) is 0 Å². The Kier molecular flexibility index (Phi) is 6.73. The molecule has 30 heavy (non-hydrogen) atoms. The molecule has 1 atom stereocenters. The molecule has 1 aliphatic rings. The van der Waals surface area contributed by atoms with E-state index in [0.29, 0.717) is 5.69 Å². The maximum Gasteiger partial charge on any atom is 0.273 e. The van der Waals surface area contributed by atoms with Gasteiger partial charge >= 0.3 is 0 Å². The average Bonchev–Trinajstić information content (AvgIpc) is 2.78. The summed E-state index contributed by atoms with van der Waals surface area (Å²) < 4.78 is 10.5. The Morgan fingerprint density at radius 3 is 2.47 bits per heavy atom. The molecule has 0 bridgehead atoms. The van der Waals surface area contributed by atoms with Crippen LogP contribution in [0.3, 0.4) is 0 Å². The number of nitrogens with zero attached hydrogens (tertiary/aromatic N) is 3. The zero-order valence-corrected chi connectivity index (χ0v) is 17.3. The minimum atomic E-state index is -0.501. The number of carbonyl (C=O) groups excluding carboxylic acids is 1. The molecule has 160 valence electrons. The van der Waals surface area contributed by atoms with Crippen LogP contribution >= 0.6 is 0 Å². The van der Waals surface area contributed by atoms with Crippen molar-refractivity contribution in [1.82, 2.24) is 4.90 Å². The Balaban J connectivity index is 1.60. The van der Waals surface area contributed by atoms with Gasteiger partial charge in [-0.3, -0.25) is 19.8 Å². The molecule has 0 spiro atoms. The second-order valence-corrected chi connectivity index (χ2v) is 7.03. The standard InChI is InChI=1S/C21H26N4O5/c1-15(21(26)22-19-8-7-17(25(27)28)14-20(19)30-3)23-9-11-24(12-10-23)16-5-4-6-18(13-16)29-2/h4-8,13-15H,9-12H2,1-3H3,(H,22,26)/t15-/m0/s1. The van der Waals surface area contributed by atoms with Crippen LogP contribution in [0.5, 0.6) is 11.5 Å². The summed E-state index contributed by atoms with van der Waals surface area (Å²) in [6.45, 7) is 4.93. The first-order valence-corrected chi connectivity index (χ1v) is 9.69. The summed E-state index contributed by atoms with van der Waals surface area (Å²) >= 11 is 0. The maximum absolute atomic E-state index is 12.8. The second kappa shape index (κ2) is 9.45. The number of methoxy groups -OCH3 is 2. The summed E-state index contributed by atoms with van der Waals surface area (Å²) in [6.07, 6.45) is 0. The molecule has 2 aromatic carbocycles. The molecular formula is C21H26N4O5. The first kappa shape index (κ1) is 21.4. The van der Waals surface area contributed by atoms with E-state index in [0.717, 1.165) is 37.6 Å². The largest absolute Gasteiger partial charge is 0.497 e. The maximum atomic E-state index is 12.8. The van der Waals surface area contributed by atoms with E-state index in [1.807, 2.05) is 25.1 Å². The zero-order valence-electron chi connectivity index (χ0n) is 17.3. The zero-order chi connectivity index (χ0) is 21.7. The van der Waals surface area contributed by atoms with Crippen molar-refractivity contribution in [2.24, 2.45) is 0 Å². The van der Waals surface area contributed by atoms with Crippen LogP contribution in [0.1, 0.15) is 6.92 Å². The number of hydrogen-bond acceptors (Lipinski definition) is 7. The third-order valence-electron chi connectivity index (χ3n) is 5.31. The second-order valence-electron chi connectivity index (χ2n) is 7.03. The minimum absolute atomic E-state index is 0.0911. The van der Waals surface area contributed by atoms with Crippen molar-refractivity contribution in [3.8, 4) is 11.5 Å². The Morgan fingerprint density at radius 2 is 1.83 bits per heavy atom. The number of piperazine rings is 1. The van der Waals surface area contributed by atoms with Crippen LogP contribution in [-0.2, 0) is 4.79 Å². The molecule has 1 heterocycles. The van der Waals surface area contributed by atoms with Crippen molar-refractivity contribution < 1.29 is 19.2 Å².